The minimum absolute atomic E-state index is 0.00992. The number of hydrogen-bond donors (Lipinski definition) is 0. The molecule has 0 aromatic heterocycles. The summed E-state index contributed by atoms with van der Waals surface area (Å²) in [4.78, 5) is 14.3. The molecule has 0 aromatic carbocycles. The molecule has 104 valence electrons. The Balaban J connectivity index is 1.89. The molecule has 0 spiro atoms. The Labute approximate surface area is 111 Å². The Morgan fingerprint density at radius 2 is 1.89 bits per heavy atom. The standard InChI is InChI=1S/C15H27NO2/c1-3-5-6-12-7-8-13-9-10-14(16(12)13)11-15(17)18-4-2/h12-14H,3-11H2,1-2H3/t12-,13-,14+/m1/s1. The lowest BCUT2D eigenvalue weighted by Crippen LogP contribution is -2.39. The van der Waals surface area contributed by atoms with Crippen LogP contribution in [0.1, 0.15) is 65.2 Å². The van der Waals surface area contributed by atoms with Gasteiger partial charge in [-0.05, 0) is 39.0 Å². The maximum absolute atomic E-state index is 11.7. The SMILES string of the molecule is CCCC[C@@H]1CC[C@@H]2CC[C@@H](CC(=O)OCC)N21. The van der Waals surface area contributed by atoms with Crippen molar-refractivity contribution in [2.45, 2.75) is 83.3 Å². The van der Waals surface area contributed by atoms with Crippen molar-refractivity contribution < 1.29 is 9.53 Å². The lowest BCUT2D eigenvalue weighted by Gasteiger charge is -2.30. The predicted octanol–water partition coefficient (Wildman–Crippen LogP) is 3.13. The third-order valence-electron chi connectivity index (χ3n) is 4.53. The number of carbonyl (C=O) groups is 1. The van der Waals surface area contributed by atoms with Crippen LogP contribution in [0.5, 0.6) is 0 Å². The number of esters is 1. The highest BCUT2D eigenvalue weighted by Gasteiger charge is 2.42. The summed E-state index contributed by atoms with van der Waals surface area (Å²) in [6, 6.07) is 1.95. The van der Waals surface area contributed by atoms with Crippen molar-refractivity contribution in [1.82, 2.24) is 4.90 Å². The van der Waals surface area contributed by atoms with Crippen LogP contribution in [-0.2, 0) is 9.53 Å². The molecule has 2 heterocycles. The molecule has 18 heavy (non-hydrogen) atoms. The van der Waals surface area contributed by atoms with Crippen LogP contribution in [0.4, 0.5) is 0 Å². The van der Waals surface area contributed by atoms with Gasteiger partial charge in [0.25, 0.3) is 0 Å². The van der Waals surface area contributed by atoms with Crippen molar-refractivity contribution in [3.05, 3.63) is 0 Å². The Bertz CT molecular complexity index is 280. The summed E-state index contributed by atoms with van der Waals surface area (Å²) in [6.07, 6.45) is 9.66. The normalized spacial score (nSPS) is 31.6. The van der Waals surface area contributed by atoms with Crippen molar-refractivity contribution in [2.75, 3.05) is 6.61 Å². The third-order valence-corrected chi connectivity index (χ3v) is 4.53. The Kier molecular flexibility index (Phi) is 5.04. The monoisotopic (exact) mass is 253 g/mol. The summed E-state index contributed by atoms with van der Waals surface area (Å²) in [7, 11) is 0. The smallest absolute Gasteiger partial charge is 0.307 e. The van der Waals surface area contributed by atoms with Gasteiger partial charge in [0.2, 0.25) is 0 Å². The highest BCUT2D eigenvalue weighted by molar-refractivity contribution is 5.70. The van der Waals surface area contributed by atoms with Gasteiger partial charge >= 0.3 is 5.97 Å². The van der Waals surface area contributed by atoms with Crippen molar-refractivity contribution in [2.24, 2.45) is 0 Å². The second-order valence-electron chi connectivity index (χ2n) is 5.71. The van der Waals surface area contributed by atoms with Crippen LogP contribution < -0.4 is 0 Å². The first kappa shape index (κ1) is 13.9. The zero-order valence-electron chi connectivity index (χ0n) is 11.9. The number of fused-ring (bicyclic) bond motifs is 1. The minimum Gasteiger partial charge on any atom is -0.466 e. The minimum atomic E-state index is -0.00992. The fraction of sp³-hybridized carbons (Fsp3) is 0.933. The fourth-order valence-electron chi connectivity index (χ4n) is 3.76. The molecule has 2 fully saturated rings. The summed E-state index contributed by atoms with van der Waals surface area (Å²) < 4.78 is 5.10. The molecule has 0 radical (unpaired) electrons. The van der Waals surface area contributed by atoms with Gasteiger partial charge in [-0.3, -0.25) is 9.69 Å². The molecule has 0 bridgehead atoms. The summed E-state index contributed by atoms with van der Waals surface area (Å²) in [5.74, 6) is -0.00992. The summed E-state index contributed by atoms with van der Waals surface area (Å²) in [5.41, 5.74) is 0. The molecule has 0 saturated carbocycles. The van der Waals surface area contributed by atoms with Crippen LogP contribution in [0.2, 0.25) is 0 Å². The zero-order valence-corrected chi connectivity index (χ0v) is 11.9. The lowest BCUT2D eigenvalue weighted by molar-refractivity contribution is -0.144. The third kappa shape index (κ3) is 3.05. The molecule has 0 amide bonds. The van der Waals surface area contributed by atoms with Crippen LogP contribution >= 0.6 is 0 Å². The molecule has 2 aliphatic heterocycles. The number of carbonyl (C=O) groups excluding carboxylic acids is 1. The molecule has 0 aliphatic carbocycles. The van der Waals surface area contributed by atoms with Crippen molar-refractivity contribution in [3.8, 4) is 0 Å². The molecule has 0 N–H and O–H groups in total. The maximum atomic E-state index is 11.7. The van der Waals surface area contributed by atoms with E-state index in [2.05, 4.69) is 11.8 Å². The summed E-state index contributed by atoms with van der Waals surface area (Å²) >= 11 is 0. The van der Waals surface area contributed by atoms with E-state index in [1.807, 2.05) is 6.92 Å². The summed E-state index contributed by atoms with van der Waals surface area (Å²) in [6.45, 7) is 4.65. The number of rotatable bonds is 6. The van der Waals surface area contributed by atoms with Crippen LogP contribution in [-0.4, -0.2) is 35.6 Å². The lowest BCUT2D eigenvalue weighted by atomic mass is 10.0. The zero-order chi connectivity index (χ0) is 13.0. The fourth-order valence-corrected chi connectivity index (χ4v) is 3.76. The number of nitrogens with zero attached hydrogens (tertiary/aromatic N) is 1. The van der Waals surface area contributed by atoms with Gasteiger partial charge in [-0.15, -0.1) is 0 Å². The second kappa shape index (κ2) is 6.55. The molecule has 0 aromatic rings. The van der Waals surface area contributed by atoms with E-state index in [1.54, 1.807) is 0 Å². The van der Waals surface area contributed by atoms with E-state index in [1.165, 1.54) is 44.9 Å². The van der Waals surface area contributed by atoms with E-state index in [-0.39, 0.29) is 5.97 Å². The first-order valence-corrected chi connectivity index (χ1v) is 7.69. The van der Waals surface area contributed by atoms with E-state index in [9.17, 15) is 4.79 Å². The predicted molar refractivity (Wildman–Crippen MR) is 72.4 cm³/mol. The van der Waals surface area contributed by atoms with E-state index in [0.29, 0.717) is 19.1 Å². The van der Waals surface area contributed by atoms with Crippen LogP contribution in [0.3, 0.4) is 0 Å². The molecule has 0 unspecified atom stereocenters. The van der Waals surface area contributed by atoms with E-state index < -0.39 is 0 Å². The van der Waals surface area contributed by atoms with Crippen molar-refractivity contribution in [1.29, 1.82) is 0 Å². The van der Waals surface area contributed by atoms with Crippen LogP contribution in [0.25, 0.3) is 0 Å². The van der Waals surface area contributed by atoms with Gasteiger partial charge < -0.3 is 4.74 Å². The average Bonchev–Trinajstić information content (AvgIpc) is 2.91. The van der Waals surface area contributed by atoms with E-state index in [0.717, 1.165) is 12.1 Å². The molecule has 3 nitrogen and oxygen atoms in total. The highest BCUT2D eigenvalue weighted by atomic mass is 16.5. The number of hydrogen-bond acceptors (Lipinski definition) is 3. The molecular formula is C15H27NO2. The molecule has 2 rings (SSSR count). The van der Waals surface area contributed by atoms with Crippen molar-refractivity contribution >= 4 is 5.97 Å². The van der Waals surface area contributed by atoms with Gasteiger partial charge in [0.1, 0.15) is 0 Å². The van der Waals surface area contributed by atoms with Gasteiger partial charge in [-0.2, -0.15) is 0 Å². The first-order valence-electron chi connectivity index (χ1n) is 7.69. The van der Waals surface area contributed by atoms with E-state index in [4.69, 9.17) is 4.74 Å². The Morgan fingerprint density at radius 1 is 1.17 bits per heavy atom. The van der Waals surface area contributed by atoms with Crippen LogP contribution in [0, 0.1) is 0 Å². The Morgan fingerprint density at radius 3 is 2.56 bits per heavy atom. The van der Waals surface area contributed by atoms with E-state index >= 15 is 0 Å². The molecular weight excluding hydrogens is 226 g/mol. The topological polar surface area (TPSA) is 29.5 Å². The van der Waals surface area contributed by atoms with Gasteiger partial charge in [0, 0.05) is 18.1 Å². The summed E-state index contributed by atoms with van der Waals surface area (Å²) in [5, 5.41) is 0. The van der Waals surface area contributed by atoms with Gasteiger partial charge in [0.05, 0.1) is 13.0 Å². The average molecular weight is 253 g/mol. The quantitative estimate of drug-likeness (QED) is 0.681. The first-order chi connectivity index (χ1) is 8.76. The maximum Gasteiger partial charge on any atom is 0.307 e. The van der Waals surface area contributed by atoms with Crippen molar-refractivity contribution in [3.63, 3.8) is 0 Å². The Hall–Kier alpha value is -0.570. The van der Waals surface area contributed by atoms with Gasteiger partial charge in [-0.1, -0.05) is 19.8 Å². The number of unbranched alkanes of at least 4 members (excludes halogenated alkanes) is 1. The molecule has 3 atom stereocenters. The highest BCUT2D eigenvalue weighted by Crippen LogP contribution is 2.39. The largest absolute Gasteiger partial charge is 0.466 e. The second-order valence-corrected chi connectivity index (χ2v) is 5.71. The number of ether oxygens (including phenoxy) is 1. The molecule has 3 heteroatoms. The molecule has 2 saturated heterocycles. The van der Waals surface area contributed by atoms with Crippen LogP contribution in [0.15, 0.2) is 0 Å². The molecule has 2 aliphatic rings. The van der Waals surface area contributed by atoms with Gasteiger partial charge in [0.15, 0.2) is 0 Å². The van der Waals surface area contributed by atoms with Gasteiger partial charge in [-0.25, -0.2) is 0 Å².